The molecule has 2 aliphatic rings. The van der Waals surface area contributed by atoms with Crippen molar-refractivity contribution in [2.24, 2.45) is 0 Å². The second kappa shape index (κ2) is 6.55. The summed E-state index contributed by atoms with van der Waals surface area (Å²) in [5.41, 5.74) is 3.42. The molecule has 1 aliphatic carbocycles. The highest BCUT2D eigenvalue weighted by molar-refractivity contribution is 8.01. The van der Waals surface area contributed by atoms with E-state index < -0.39 is 10.8 Å². The summed E-state index contributed by atoms with van der Waals surface area (Å²) in [5, 5.41) is 13.2. The molecule has 3 N–H and O–H groups in total. The van der Waals surface area contributed by atoms with Crippen molar-refractivity contribution in [3.05, 3.63) is 17.0 Å². The predicted octanol–water partition coefficient (Wildman–Crippen LogP) is 1.30. The number of nitrogens with zero attached hydrogens (tertiary/aromatic N) is 1. The van der Waals surface area contributed by atoms with E-state index in [9.17, 15) is 9.59 Å². The van der Waals surface area contributed by atoms with Crippen LogP contribution in [-0.2, 0) is 29.0 Å². The van der Waals surface area contributed by atoms with Gasteiger partial charge in [-0.05, 0) is 45.1 Å². The monoisotopic (exact) mass is 336 g/mol. The van der Waals surface area contributed by atoms with E-state index in [1.165, 1.54) is 42.3 Å². The van der Waals surface area contributed by atoms with E-state index >= 15 is 0 Å². The Kier molecular flexibility index (Phi) is 4.66. The number of H-pyrrole nitrogens is 1. The molecular weight excluding hydrogens is 312 g/mol. The fraction of sp³-hybridized carbons (Fsp3) is 0.688. The van der Waals surface area contributed by atoms with Crippen LogP contribution in [0.1, 0.15) is 50.1 Å². The number of nitrogens with one attached hydrogen (secondary N) is 3. The molecule has 1 aliphatic heterocycles. The molecule has 6 nitrogen and oxygen atoms in total. The fourth-order valence-corrected chi connectivity index (χ4v) is 4.05. The van der Waals surface area contributed by atoms with Gasteiger partial charge < -0.3 is 10.6 Å². The van der Waals surface area contributed by atoms with Crippen LogP contribution in [0.25, 0.3) is 0 Å². The van der Waals surface area contributed by atoms with E-state index in [-0.39, 0.29) is 11.8 Å². The summed E-state index contributed by atoms with van der Waals surface area (Å²) in [4.78, 5) is 24.3. The molecule has 2 heterocycles. The van der Waals surface area contributed by atoms with Crippen LogP contribution < -0.4 is 10.6 Å². The molecule has 0 bridgehead atoms. The molecule has 0 spiro atoms. The summed E-state index contributed by atoms with van der Waals surface area (Å²) in [6, 6.07) is -0.460. The average Bonchev–Trinajstić information content (AvgIpc) is 2.74. The van der Waals surface area contributed by atoms with Gasteiger partial charge in [-0.2, -0.15) is 5.10 Å². The third kappa shape index (κ3) is 3.54. The molecule has 0 aromatic carbocycles. The number of fused-ring (bicyclic) bond motifs is 1. The number of thioether (sulfide) groups is 1. The lowest BCUT2D eigenvalue weighted by molar-refractivity contribution is -0.129. The molecule has 1 atom stereocenters. The van der Waals surface area contributed by atoms with Crippen molar-refractivity contribution in [3.8, 4) is 0 Å². The highest BCUT2D eigenvalue weighted by Gasteiger charge is 2.37. The summed E-state index contributed by atoms with van der Waals surface area (Å²) in [7, 11) is 0. The van der Waals surface area contributed by atoms with E-state index in [0.29, 0.717) is 12.3 Å². The lowest BCUT2D eigenvalue weighted by atomic mass is 10.1. The number of amides is 2. The molecule has 1 aromatic heterocycles. The maximum absolute atomic E-state index is 12.3. The number of aryl methyl sites for hydroxylation is 1. The van der Waals surface area contributed by atoms with Crippen molar-refractivity contribution in [1.82, 2.24) is 20.8 Å². The molecule has 1 saturated heterocycles. The minimum absolute atomic E-state index is 0.0810. The summed E-state index contributed by atoms with van der Waals surface area (Å²) in [6.45, 7) is 4.17. The van der Waals surface area contributed by atoms with Crippen LogP contribution >= 0.6 is 11.8 Å². The van der Waals surface area contributed by atoms with Crippen LogP contribution in [0, 0.1) is 0 Å². The first-order valence-electron chi connectivity index (χ1n) is 8.25. The zero-order valence-electron chi connectivity index (χ0n) is 13.7. The Bertz CT molecular complexity index is 611. The summed E-state index contributed by atoms with van der Waals surface area (Å²) in [5.74, 6) is 0.387. The van der Waals surface area contributed by atoms with Crippen molar-refractivity contribution in [3.63, 3.8) is 0 Å². The Balaban J connectivity index is 1.58. The van der Waals surface area contributed by atoms with Crippen molar-refractivity contribution < 1.29 is 9.59 Å². The Morgan fingerprint density at radius 2 is 2.13 bits per heavy atom. The number of aromatic amines is 1. The molecule has 126 valence electrons. The van der Waals surface area contributed by atoms with Gasteiger partial charge in [0.25, 0.3) is 0 Å². The van der Waals surface area contributed by atoms with Gasteiger partial charge >= 0.3 is 0 Å². The van der Waals surface area contributed by atoms with Crippen molar-refractivity contribution in [1.29, 1.82) is 0 Å². The smallest absolute Gasteiger partial charge is 0.243 e. The molecule has 1 fully saturated rings. The maximum atomic E-state index is 12.3. The third-order valence-electron chi connectivity index (χ3n) is 4.60. The third-order valence-corrected chi connectivity index (χ3v) is 6.01. The quantitative estimate of drug-likeness (QED) is 0.726. The Morgan fingerprint density at radius 3 is 2.91 bits per heavy atom. The Labute approximate surface area is 140 Å². The Morgan fingerprint density at radius 1 is 1.35 bits per heavy atom. The molecule has 0 unspecified atom stereocenters. The van der Waals surface area contributed by atoms with Gasteiger partial charge in [0, 0.05) is 11.4 Å². The van der Waals surface area contributed by atoms with Crippen LogP contribution in [0.2, 0.25) is 0 Å². The number of carbonyl (C=O) groups excluding carboxylic acids is 2. The number of hydrogen-bond donors (Lipinski definition) is 3. The molecule has 7 heteroatoms. The summed E-state index contributed by atoms with van der Waals surface area (Å²) in [6.07, 6.45) is 5.69. The largest absolute Gasteiger partial charge is 0.349 e. The van der Waals surface area contributed by atoms with E-state index in [0.717, 1.165) is 18.5 Å². The van der Waals surface area contributed by atoms with Crippen molar-refractivity contribution >= 4 is 23.6 Å². The first kappa shape index (κ1) is 16.4. The highest BCUT2D eigenvalue weighted by Crippen LogP contribution is 2.29. The van der Waals surface area contributed by atoms with E-state index in [1.807, 2.05) is 13.8 Å². The van der Waals surface area contributed by atoms with Gasteiger partial charge in [-0.1, -0.05) is 6.42 Å². The first-order chi connectivity index (χ1) is 11.0. The normalized spacial score (nSPS) is 23.6. The molecule has 0 radical (unpaired) electrons. The van der Waals surface area contributed by atoms with E-state index in [1.54, 1.807) is 0 Å². The standard InChI is InChI=1S/C16H24N4O2S/c1-16(2)15(22)18-13(9-23-16)14(21)17-8-12-10-6-4-3-5-7-11(10)19-20-12/h13H,3-9H2,1-2H3,(H,17,21)(H,18,22)(H,19,20)/t13-/m1/s1. The lowest BCUT2D eigenvalue weighted by Crippen LogP contribution is -2.57. The number of carbonyl (C=O) groups is 2. The van der Waals surface area contributed by atoms with Crippen LogP contribution in [0.5, 0.6) is 0 Å². The van der Waals surface area contributed by atoms with Gasteiger partial charge in [0.2, 0.25) is 11.8 Å². The zero-order valence-corrected chi connectivity index (χ0v) is 14.5. The molecule has 23 heavy (non-hydrogen) atoms. The summed E-state index contributed by atoms with van der Waals surface area (Å²) >= 11 is 1.52. The molecule has 3 rings (SSSR count). The van der Waals surface area contributed by atoms with Gasteiger partial charge in [-0.25, -0.2) is 0 Å². The van der Waals surface area contributed by atoms with Gasteiger partial charge in [0.05, 0.1) is 17.0 Å². The van der Waals surface area contributed by atoms with E-state index in [4.69, 9.17) is 0 Å². The van der Waals surface area contributed by atoms with Crippen molar-refractivity contribution in [2.45, 2.75) is 63.3 Å². The van der Waals surface area contributed by atoms with Crippen LogP contribution in [-0.4, -0.2) is 38.6 Å². The van der Waals surface area contributed by atoms with Crippen molar-refractivity contribution in [2.75, 3.05) is 5.75 Å². The molecule has 0 saturated carbocycles. The van der Waals surface area contributed by atoms with Crippen LogP contribution in [0.4, 0.5) is 0 Å². The van der Waals surface area contributed by atoms with E-state index in [2.05, 4.69) is 20.8 Å². The van der Waals surface area contributed by atoms with Gasteiger partial charge in [0.15, 0.2) is 0 Å². The average molecular weight is 336 g/mol. The topological polar surface area (TPSA) is 86.9 Å². The lowest BCUT2D eigenvalue weighted by Gasteiger charge is -2.32. The number of aromatic nitrogens is 2. The first-order valence-corrected chi connectivity index (χ1v) is 9.23. The molecule has 2 amide bonds. The van der Waals surface area contributed by atoms with Gasteiger partial charge in [-0.15, -0.1) is 11.8 Å². The summed E-state index contributed by atoms with van der Waals surface area (Å²) < 4.78 is -0.462. The van der Waals surface area contributed by atoms with Crippen LogP contribution in [0.3, 0.4) is 0 Å². The SMILES string of the molecule is CC1(C)SC[C@H](C(=O)NCc2n[nH]c3c2CCCCC3)NC1=O. The predicted molar refractivity (Wildman–Crippen MR) is 90.2 cm³/mol. The minimum atomic E-state index is -0.462. The molecule has 1 aromatic rings. The second-order valence-electron chi connectivity index (χ2n) is 6.75. The Hall–Kier alpha value is -1.50. The van der Waals surface area contributed by atoms with Gasteiger partial charge in [-0.3, -0.25) is 14.7 Å². The maximum Gasteiger partial charge on any atom is 0.243 e. The van der Waals surface area contributed by atoms with Gasteiger partial charge in [0.1, 0.15) is 6.04 Å². The van der Waals surface area contributed by atoms with Crippen LogP contribution in [0.15, 0.2) is 0 Å². The fourth-order valence-electron chi connectivity index (χ4n) is 3.04. The molecular formula is C16H24N4O2S. The number of rotatable bonds is 3. The number of hydrogen-bond acceptors (Lipinski definition) is 4. The minimum Gasteiger partial charge on any atom is -0.349 e. The zero-order chi connectivity index (χ0) is 16.4. The highest BCUT2D eigenvalue weighted by atomic mass is 32.2. The second-order valence-corrected chi connectivity index (χ2v) is 8.40.